The van der Waals surface area contributed by atoms with Crippen molar-refractivity contribution in [2.24, 2.45) is 7.05 Å². The van der Waals surface area contributed by atoms with Gasteiger partial charge in [-0.3, -0.25) is 4.79 Å². The lowest BCUT2D eigenvalue weighted by atomic mass is 9.96. The fourth-order valence-corrected chi connectivity index (χ4v) is 3.87. The maximum Gasteiger partial charge on any atom is 0.276 e. The molecule has 1 unspecified atom stereocenters. The summed E-state index contributed by atoms with van der Waals surface area (Å²) in [7, 11) is 2.02. The van der Waals surface area contributed by atoms with Crippen LogP contribution in [0.25, 0.3) is 0 Å². The molecule has 3 heterocycles. The molecule has 0 bridgehead atoms. The normalized spacial score (nSPS) is 20.8. The van der Waals surface area contributed by atoms with Gasteiger partial charge in [0.2, 0.25) is 0 Å². The van der Waals surface area contributed by atoms with Crippen molar-refractivity contribution in [1.29, 1.82) is 0 Å². The van der Waals surface area contributed by atoms with Gasteiger partial charge in [-0.1, -0.05) is 5.16 Å². The maximum atomic E-state index is 12.8. The summed E-state index contributed by atoms with van der Waals surface area (Å²) >= 11 is 0. The van der Waals surface area contributed by atoms with Gasteiger partial charge in [-0.05, 0) is 32.6 Å². The van der Waals surface area contributed by atoms with Gasteiger partial charge in [-0.15, -0.1) is 0 Å². The highest BCUT2D eigenvalue weighted by molar-refractivity contribution is 5.94. The van der Waals surface area contributed by atoms with Crippen LogP contribution in [0.4, 0.5) is 0 Å². The highest BCUT2D eigenvalue weighted by Gasteiger charge is 2.33. The molecule has 23 heavy (non-hydrogen) atoms. The van der Waals surface area contributed by atoms with Crippen molar-refractivity contribution in [2.75, 3.05) is 13.1 Å². The van der Waals surface area contributed by atoms with E-state index in [4.69, 9.17) is 4.52 Å². The van der Waals surface area contributed by atoms with Gasteiger partial charge in [0.05, 0.1) is 5.69 Å². The van der Waals surface area contributed by atoms with E-state index in [1.165, 1.54) is 0 Å². The molecule has 0 saturated carbocycles. The molecule has 0 spiro atoms. The number of rotatable bonds is 2. The van der Waals surface area contributed by atoms with Crippen LogP contribution in [0, 0.1) is 6.92 Å². The molecule has 1 fully saturated rings. The highest BCUT2D eigenvalue weighted by atomic mass is 16.5. The molecule has 1 atom stereocenters. The summed E-state index contributed by atoms with van der Waals surface area (Å²) in [4.78, 5) is 19.3. The third-order valence-electron chi connectivity index (χ3n) is 5.03. The number of aryl methyl sites for hydroxylation is 3. The minimum absolute atomic E-state index is 0.0188. The molecule has 1 aliphatic heterocycles. The largest absolute Gasteiger partial charge is 0.360 e. The zero-order valence-electron chi connectivity index (χ0n) is 13.7. The third-order valence-corrected chi connectivity index (χ3v) is 5.03. The summed E-state index contributed by atoms with van der Waals surface area (Å²) in [5.41, 5.74) is 2.60. The molecule has 1 aliphatic carbocycles. The Morgan fingerprint density at radius 1 is 1.35 bits per heavy atom. The van der Waals surface area contributed by atoms with E-state index in [0.717, 1.165) is 61.5 Å². The summed E-state index contributed by atoms with van der Waals surface area (Å²) in [5, 5.41) is 4.07. The van der Waals surface area contributed by atoms with Gasteiger partial charge < -0.3 is 14.0 Å². The summed E-state index contributed by atoms with van der Waals surface area (Å²) in [6.45, 7) is 3.48. The van der Waals surface area contributed by atoms with Gasteiger partial charge >= 0.3 is 0 Å². The average Bonchev–Trinajstić information content (AvgIpc) is 3.24. The Morgan fingerprint density at radius 2 is 2.17 bits per heavy atom. The predicted molar refractivity (Wildman–Crippen MR) is 84.4 cm³/mol. The number of amides is 1. The van der Waals surface area contributed by atoms with Crippen molar-refractivity contribution in [2.45, 2.75) is 44.9 Å². The fourth-order valence-electron chi connectivity index (χ4n) is 3.87. The van der Waals surface area contributed by atoms with Crippen molar-refractivity contribution in [3.8, 4) is 0 Å². The van der Waals surface area contributed by atoms with Crippen LogP contribution in [-0.2, 0) is 19.9 Å². The number of imidazole rings is 1. The fraction of sp³-hybridized carbons (Fsp3) is 0.588. The van der Waals surface area contributed by atoms with Crippen molar-refractivity contribution < 1.29 is 9.32 Å². The molecule has 0 N–H and O–H groups in total. The van der Waals surface area contributed by atoms with E-state index in [-0.39, 0.29) is 5.91 Å². The van der Waals surface area contributed by atoms with Gasteiger partial charge in [0.15, 0.2) is 5.69 Å². The molecular formula is C17H22N4O2. The lowest BCUT2D eigenvalue weighted by molar-refractivity contribution is 0.0779. The number of aromatic nitrogens is 3. The Morgan fingerprint density at radius 3 is 2.96 bits per heavy atom. The molecule has 122 valence electrons. The molecule has 1 amide bonds. The van der Waals surface area contributed by atoms with Crippen molar-refractivity contribution in [3.05, 3.63) is 34.7 Å². The summed E-state index contributed by atoms with van der Waals surface area (Å²) in [6, 6.07) is 0. The first-order valence-corrected chi connectivity index (χ1v) is 8.40. The summed E-state index contributed by atoms with van der Waals surface area (Å²) < 4.78 is 7.46. The molecule has 0 aromatic carbocycles. The van der Waals surface area contributed by atoms with Crippen LogP contribution in [0.15, 0.2) is 10.7 Å². The van der Waals surface area contributed by atoms with Crippen LogP contribution in [0.2, 0.25) is 0 Å². The SMILES string of the molecule is Cc1cn(C)c(C2CCN(C(=O)c3noc4c3CCCC4)C2)n1. The number of nitrogens with zero attached hydrogens (tertiary/aromatic N) is 4. The maximum absolute atomic E-state index is 12.8. The number of fused-ring (bicyclic) bond motifs is 1. The molecule has 0 radical (unpaired) electrons. The predicted octanol–water partition coefficient (Wildman–Crippen LogP) is 2.23. The molecule has 4 rings (SSSR count). The van der Waals surface area contributed by atoms with Crippen LogP contribution in [0.3, 0.4) is 0 Å². The molecule has 2 aromatic heterocycles. The molecule has 6 heteroatoms. The second-order valence-corrected chi connectivity index (χ2v) is 6.73. The first-order valence-electron chi connectivity index (χ1n) is 8.40. The van der Waals surface area contributed by atoms with Crippen LogP contribution in [0.5, 0.6) is 0 Å². The highest BCUT2D eigenvalue weighted by Crippen LogP contribution is 2.30. The van der Waals surface area contributed by atoms with E-state index in [1.54, 1.807) is 0 Å². The topological polar surface area (TPSA) is 64.2 Å². The van der Waals surface area contributed by atoms with E-state index in [9.17, 15) is 4.79 Å². The van der Waals surface area contributed by atoms with Gasteiger partial charge in [0.1, 0.15) is 11.6 Å². The van der Waals surface area contributed by atoms with Crippen LogP contribution >= 0.6 is 0 Å². The van der Waals surface area contributed by atoms with Crippen molar-refractivity contribution in [1.82, 2.24) is 19.6 Å². The van der Waals surface area contributed by atoms with E-state index in [0.29, 0.717) is 18.2 Å². The number of hydrogen-bond acceptors (Lipinski definition) is 4. The number of likely N-dealkylation sites (tertiary alicyclic amines) is 1. The minimum atomic E-state index is 0.0188. The van der Waals surface area contributed by atoms with Crippen LogP contribution < -0.4 is 0 Å². The van der Waals surface area contributed by atoms with E-state index >= 15 is 0 Å². The first kappa shape index (κ1) is 14.5. The molecule has 1 saturated heterocycles. The zero-order chi connectivity index (χ0) is 16.0. The Kier molecular flexibility index (Phi) is 3.47. The number of hydrogen-bond donors (Lipinski definition) is 0. The minimum Gasteiger partial charge on any atom is -0.360 e. The summed E-state index contributed by atoms with van der Waals surface area (Å²) in [5.74, 6) is 2.31. The third kappa shape index (κ3) is 2.46. The number of carbonyl (C=O) groups is 1. The smallest absolute Gasteiger partial charge is 0.276 e. The Balaban J connectivity index is 1.52. The Labute approximate surface area is 135 Å². The van der Waals surface area contributed by atoms with Gasteiger partial charge in [0.25, 0.3) is 5.91 Å². The first-order chi connectivity index (χ1) is 11.1. The average molecular weight is 314 g/mol. The van der Waals surface area contributed by atoms with Crippen LogP contribution in [0.1, 0.15) is 58.5 Å². The van der Waals surface area contributed by atoms with Crippen LogP contribution in [-0.4, -0.2) is 38.6 Å². The Hall–Kier alpha value is -2.11. The van der Waals surface area contributed by atoms with E-state index < -0.39 is 0 Å². The second-order valence-electron chi connectivity index (χ2n) is 6.73. The quantitative estimate of drug-likeness (QED) is 0.852. The van der Waals surface area contributed by atoms with Gasteiger partial charge in [-0.25, -0.2) is 4.98 Å². The van der Waals surface area contributed by atoms with Crippen molar-refractivity contribution >= 4 is 5.91 Å². The van der Waals surface area contributed by atoms with Gasteiger partial charge in [-0.2, -0.15) is 0 Å². The lowest BCUT2D eigenvalue weighted by Gasteiger charge is -2.16. The van der Waals surface area contributed by atoms with E-state index in [2.05, 4.69) is 14.7 Å². The molecule has 2 aliphatic rings. The molecular weight excluding hydrogens is 292 g/mol. The second kappa shape index (κ2) is 5.51. The van der Waals surface area contributed by atoms with Crippen molar-refractivity contribution in [3.63, 3.8) is 0 Å². The zero-order valence-corrected chi connectivity index (χ0v) is 13.7. The summed E-state index contributed by atoms with van der Waals surface area (Å²) in [6.07, 6.45) is 7.05. The lowest BCUT2D eigenvalue weighted by Crippen LogP contribution is -2.30. The molecule has 6 nitrogen and oxygen atoms in total. The number of carbonyl (C=O) groups excluding carboxylic acids is 1. The van der Waals surface area contributed by atoms with E-state index in [1.807, 2.05) is 25.1 Å². The Bertz CT molecular complexity index is 746. The van der Waals surface area contributed by atoms with Gasteiger partial charge in [0, 0.05) is 44.2 Å². The monoisotopic (exact) mass is 314 g/mol. The molecule has 2 aromatic rings. The standard InChI is InChI=1S/C17H22N4O2/c1-11-9-20(2)16(18-11)12-7-8-21(10-12)17(22)15-13-5-3-4-6-14(13)23-19-15/h9,12H,3-8,10H2,1-2H3.